The Hall–Kier alpha value is -2.11. The van der Waals surface area contributed by atoms with Crippen molar-refractivity contribution in [2.75, 3.05) is 13.2 Å². The Kier molecular flexibility index (Phi) is 60.6. The number of carbonyl (C=O) groups excluding carboxylic acids is 3. The van der Waals surface area contributed by atoms with E-state index in [4.69, 9.17) is 14.2 Å². The highest BCUT2D eigenvalue weighted by atomic mass is 16.6. The summed E-state index contributed by atoms with van der Waals surface area (Å²) in [7, 11) is 0. The predicted octanol–water partition coefficient (Wildman–Crippen LogP) is 22.2. The van der Waals surface area contributed by atoms with Crippen LogP contribution in [0.3, 0.4) is 0 Å². The zero-order valence-corrected chi connectivity index (χ0v) is 49.4. The molecule has 0 rings (SSSR count). The number of hydrogen-bond donors (Lipinski definition) is 0. The van der Waals surface area contributed by atoms with Gasteiger partial charge in [0.1, 0.15) is 13.2 Å². The maximum Gasteiger partial charge on any atom is 0.306 e. The molecule has 0 saturated heterocycles. The van der Waals surface area contributed by atoms with Crippen LogP contribution in [-0.2, 0) is 28.6 Å². The predicted molar refractivity (Wildman–Crippen MR) is 316 cm³/mol. The lowest BCUT2D eigenvalue weighted by Crippen LogP contribution is -2.30. The van der Waals surface area contributed by atoms with E-state index < -0.39 is 6.10 Å². The van der Waals surface area contributed by atoms with Crippen LogP contribution in [0.1, 0.15) is 367 Å². The number of ether oxygens (including phenoxy) is 3. The molecule has 1 unspecified atom stereocenters. The fraction of sp³-hybridized carbons (Fsp3) is 0.896. The third-order valence-electron chi connectivity index (χ3n) is 15.0. The van der Waals surface area contributed by atoms with Crippen molar-refractivity contribution in [1.82, 2.24) is 0 Å². The Morgan fingerprint density at radius 2 is 0.493 bits per heavy atom. The number of rotatable bonds is 61. The fourth-order valence-corrected chi connectivity index (χ4v) is 10.0. The molecule has 0 amide bonds. The Bertz CT molecular complexity index is 1180. The summed E-state index contributed by atoms with van der Waals surface area (Å²) in [6.07, 6.45) is 74.6. The minimum Gasteiger partial charge on any atom is -0.462 e. The average Bonchev–Trinajstić information content (AvgIpc) is 3.39. The van der Waals surface area contributed by atoms with E-state index in [2.05, 4.69) is 45.1 Å². The van der Waals surface area contributed by atoms with Gasteiger partial charge in [0.2, 0.25) is 0 Å². The fourth-order valence-electron chi connectivity index (χ4n) is 10.0. The van der Waals surface area contributed by atoms with Crippen LogP contribution in [0.4, 0.5) is 0 Å². The van der Waals surface area contributed by atoms with Gasteiger partial charge in [0, 0.05) is 19.3 Å². The molecule has 1 atom stereocenters. The number of carbonyl (C=O) groups is 3. The molecule has 6 heteroatoms. The summed E-state index contributed by atoms with van der Waals surface area (Å²) in [5, 5.41) is 0. The van der Waals surface area contributed by atoms with Crippen LogP contribution in [0.5, 0.6) is 0 Å². The summed E-state index contributed by atoms with van der Waals surface area (Å²) in [4.78, 5) is 38.3. The molecular formula is C67H126O6. The molecular weight excluding hydrogens is 901 g/mol. The molecule has 0 fully saturated rings. The van der Waals surface area contributed by atoms with E-state index in [0.29, 0.717) is 19.3 Å². The van der Waals surface area contributed by atoms with Crippen molar-refractivity contribution in [3.8, 4) is 0 Å². The first kappa shape index (κ1) is 70.9. The van der Waals surface area contributed by atoms with Crippen molar-refractivity contribution in [2.24, 2.45) is 0 Å². The van der Waals surface area contributed by atoms with Crippen molar-refractivity contribution in [2.45, 2.75) is 374 Å². The van der Waals surface area contributed by atoms with Crippen molar-refractivity contribution in [1.29, 1.82) is 0 Å². The highest BCUT2D eigenvalue weighted by Gasteiger charge is 2.19. The van der Waals surface area contributed by atoms with Crippen molar-refractivity contribution < 1.29 is 28.6 Å². The zero-order valence-electron chi connectivity index (χ0n) is 49.4. The van der Waals surface area contributed by atoms with Gasteiger partial charge in [-0.3, -0.25) is 14.4 Å². The minimum absolute atomic E-state index is 0.0660. The highest BCUT2D eigenvalue weighted by molar-refractivity contribution is 5.71. The summed E-state index contributed by atoms with van der Waals surface area (Å²) < 4.78 is 17.0. The summed E-state index contributed by atoms with van der Waals surface area (Å²) in [5.41, 5.74) is 0. The molecule has 0 radical (unpaired) electrons. The summed E-state index contributed by atoms with van der Waals surface area (Å²) in [5.74, 6) is -0.840. The average molecular weight is 1030 g/mol. The van der Waals surface area contributed by atoms with Gasteiger partial charge < -0.3 is 14.2 Å². The Morgan fingerprint density at radius 1 is 0.274 bits per heavy atom. The molecule has 0 aliphatic rings. The maximum atomic E-state index is 12.9. The van der Waals surface area contributed by atoms with Crippen molar-refractivity contribution in [3.05, 3.63) is 24.3 Å². The molecule has 0 saturated carbocycles. The molecule has 0 aromatic carbocycles. The van der Waals surface area contributed by atoms with Gasteiger partial charge in [0.25, 0.3) is 0 Å². The number of unbranched alkanes of at least 4 members (excludes halogenated alkanes) is 46. The SMILES string of the molecule is CCCCCCC/C=C\C/C=C\CCCCCCCCCCCC(=O)OCC(COC(=O)CCCCCCCCCCCCCCCCCC)OC(=O)CCCCCCCCCCCCCCCCCCCC. The van der Waals surface area contributed by atoms with Crippen LogP contribution in [0.25, 0.3) is 0 Å². The van der Waals surface area contributed by atoms with Crippen LogP contribution in [0.2, 0.25) is 0 Å². The maximum absolute atomic E-state index is 12.9. The second-order valence-electron chi connectivity index (χ2n) is 22.4. The smallest absolute Gasteiger partial charge is 0.306 e. The molecule has 430 valence electrons. The number of hydrogen-bond acceptors (Lipinski definition) is 6. The molecule has 0 aromatic heterocycles. The lowest BCUT2D eigenvalue weighted by Gasteiger charge is -2.18. The van der Waals surface area contributed by atoms with Crippen LogP contribution in [0.15, 0.2) is 24.3 Å². The molecule has 0 spiro atoms. The van der Waals surface area contributed by atoms with Gasteiger partial charge in [0.15, 0.2) is 6.10 Å². The van der Waals surface area contributed by atoms with Crippen molar-refractivity contribution >= 4 is 17.9 Å². The molecule has 0 aromatic rings. The van der Waals surface area contributed by atoms with Crippen LogP contribution < -0.4 is 0 Å². The van der Waals surface area contributed by atoms with Gasteiger partial charge >= 0.3 is 17.9 Å². The second-order valence-corrected chi connectivity index (χ2v) is 22.4. The van der Waals surface area contributed by atoms with E-state index >= 15 is 0 Å². The van der Waals surface area contributed by atoms with Crippen LogP contribution in [0, 0.1) is 0 Å². The van der Waals surface area contributed by atoms with E-state index in [1.807, 2.05) is 0 Å². The van der Waals surface area contributed by atoms with Crippen molar-refractivity contribution in [3.63, 3.8) is 0 Å². The minimum atomic E-state index is -0.769. The Labute approximate surface area is 455 Å². The zero-order chi connectivity index (χ0) is 52.9. The second kappa shape index (κ2) is 62.4. The van der Waals surface area contributed by atoms with E-state index in [9.17, 15) is 14.4 Å². The molecule has 0 aliphatic carbocycles. The number of esters is 3. The summed E-state index contributed by atoms with van der Waals surface area (Å²) in [6.45, 7) is 6.70. The lowest BCUT2D eigenvalue weighted by atomic mass is 10.0. The van der Waals surface area contributed by atoms with E-state index in [1.165, 1.54) is 263 Å². The topological polar surface area (TPSA) is 78.9 Å². The van der Waals surface area contributed by atoms with E-state index in [1.54, 1.807) is 0 Å². The summed E-state index contributed by atoms with van der Waals surface area (Å²) >= 11 is 0. The first-order valence-corrected chi connectivity index (χ1v) is 32.8. The largest absolute Gasteiger partial charge is 0.462 e. The van der Waals surface area contributed by atoms with Gasteiger partial charge in [-0.2, -0.15) is 0 Å². The first-order chi connectivity index (χ1) is 36.0. The van der Waals surface area contributed by atoms with Gasteiger partial charge in [-0.25, -0.2) is 0 Å². The van der Waals surface area contributed by atoms with E-state index in [0.717, 1.165) is 64.2 Å². The van der Waals surface area contributed by atoms with Gasteiger partial charge in [0.05, 0.1) is 0 Å². The molecule has 0 bridgehead atoms. The summed E-state index contributed by atoms with van der Waals surface area (Å²) in [6, 6.07) is 0. The monoisotopic (exact) mass is 1030 g/mol. The van der Waals surface area contributed by atoms with E-state index in [-0.39, 0.29) is 31.1 Å². The van der Waals surface area contributed by atoms with Crippen LogP contribution >= 0.6 is 0 Å². The lowest BCUT2D eigenvalue weighted by molar-refractivity contribution is -0.167. The molecule has 0 aliphatic heterocycles. The molecule has 0 N–H and O–H groups in total. The Morgan fingerprint density at radius 3 is 0.753 bits per heavy atom. The molecule has 0 heterocycles. The van der Waals surface area contributed by atoms with Gasteiger partial charge in [-0.05, 0) is 51.4 Å². The Balaban J connectivity index is 4.31. The van der Waals surface area contributed by atoms with Crippen LogP contribution in [-0.4, -0.2) is 37.2 Å². The normalized spacial score (nSPS) is 12.1. The number of allylic oxidation sites excluding steroid dienone is 4. The molecule has 73 heavy (non-hydrogen) atoms. The quantitative estimate of drug-likeness (QED) is 0.0261. The standard InChI is InChI=1S/C67H126O6/c1-4-7-10-13-16-19-22-25-28-31-33-34-35-37-39-42-45-48-51-54-57-60-66(69)72-63-64(62-71-65(68)59-56-53-50-47-44-41-38-30-27-24-21-18-15-12-9-6-3)73-67(70)61-58-55-52-49-46-43-40-36-32-29-26-23-20-17-14-11-8-5-2/h22,25,31,33,64H,4-21,23-24,26-30,32,34-63H2,1-3H3/b25-22-,33-31-. The van der Waals surface area contributed by atoms with Gasteiger partial charge in [-0.15, -0.1) is 0 Å². The molecule has 6 nitrogen and oxygen atoms in total. The third kappa shape index (κ3) is 60.6. The first-order valence-electron chi connectivity index (χ1n) is 32.8. The highest BCUT2D eigenvalue weighted by Crippen LogP contribution is 2.18. The third-order valence-corrected chi connectivity index (χ3v) is 15.0. The van der Waals surface area contributed by atoms with Gasteiger partial charge in [-0.1, -0.05) is 321 Å².